The molecule has 0 aliphatic heterocycles. The van der Waals surface area contributed by atoms with Gasteiger partial charge in [0.2, 0.25) is 0 Å². The summed E-state index contributed by atoms with van der Waals surface area (Å²) in [6.45, 7) is 4.91. The van der Waals surface area contributed by atoms with Crippen molar-refractivity contribution in [2.75, 3.05) is 19.5 Å². The predicted octanol–water partition coefficient (Wildman–Crippen LogP) is 5.73. The monoisotopic (exact) mass is 552 g/mol. The number of benzene rings is 1. The van der Waals surface area contributed by atoms with Gasteiger partial charge in [-0.2, -0.15) is 17.7 Å². The smallest absolute Gasteiger partial charge is 0.434 e. The van der Waals surface area contributed by atoms with Gasteiger partial charge in [0.15, 0.2) is 22.8 Å². The second kappa shape index (κ2) is 10.9. The first-order valence-corrected chi connectivity index (χ1v) is 13.4. The minimum atomic E-state index is -4.50. The zero-order chi connectivity index (χ0) is 28.6. The molecule has 3 aromatic heterocycles. The van der Waals surface area contributed by atoms with Gasteiger partial charge in [0.25, 0.3) is 12.2 Å². The largest absolute Gasteiger partial charge is 0.465 e. The summed E-state index contributed by atoms with van der Waals surface area (Å²) in [5.41, 5.74) is 4.01. The molecule has 4 aromatic rings. The van der Waals surface area contributed by atoms with Gasteiger partial charge in [-0.05, 0) is 24.8 Å². The van der Waals surface area contributed by atoms with Crippen molar-refractivity contribution < 1.29 is 22.5 Å². The Hall–Kier alpha value is -4.02. The molecule has 0 bridgehead atoms. The molecule has 210 valence electrons. The molecule has 40 heavy (non-hydrogen) atoms. The summed E-state index contributed by atoms with van der Waals surface area (Å²) in [5.74, 6) is 1.74. The molecular formula is C29H33F3N7O+. The van der Waals surface area contributed by atoms with E-state index in [0.717, 1.165) is 60.2 Å². The molecule has 1 atom stereocenters. The Balaban J connectivity index is 1.53. The third-order valence-electron chi connectivity index (χ3n) is 7.25. The van der Waals surface area contributed by atoms with Gasteiger partial charge in [0.1, 0.15) is 5.82 Å². The normalized spacial score (nSPS) is 14.3. The molecule has 8 nitrogen and oxygen atoms in total. The Labute approximate surface area is 231 Å². The first kappa shape index (κ1) is 27.5. The lowest BCUT2D eigenvalue weighted by Crippen LogP contribution is -2.37. The molecule has 1 N–H and O–H groups in total. The highest BCUT2D eigenvalue weighted by molar-refractivity contribution is 5.66. The lowest BCUT2D eigenvalue weighted by Gasteiger charge is -2.18. The molecule has 1 aliphatic carbocycles. The molecule has 0 radical (unpaired) electrons. The molecule has 0 spiro atoms. The van der Waals surface area contributed by atoms with E-state index < -0.39 is 11.9 Å². The molecule has 5 rings (SSSR count). The van der Waals surface area contributed by atoms with E-state index in [-0.39, 0.29) is 11.7 Å². The number of hydrogen-bond donors (Lipinski definition) is 1. The number of rotatable bonds is 9. The number of halogens is 3. The number of nitrogens with zero attached hydrogens (tertiary/aromatic N) is 6. The average molecular weight is 553 g/mol. The van der Waals surface area contributed by atoms with Crippen LogP contribution in [-0.4, -0.2) is 38.7 Å². The van der Waals surface area contributed by atoms with Gasteiger partial charge < -0.3 is 14.6 Å². The second-order valence-corrected chi connectivity index (χ2v) is 10.1. The van der Waals surface area contributed by atoms with E-state index in [1.165, 1.54) is 4.57 Å². The Morgan fingerprint density at radius 3 is 2.45 bits per heavy atom. The standard InChI is InChI=1S/C29H33F3N7O/c1-6-13-39-16-35-25(19-9-10-19)23(28(39)40-5)26-34-14-21(33-3)24(37-26)17(2)18-7-11-20(12-8-18)27-36-22(15-38(27)4)29(30,31)32/h7-8,11-12,14-17,19,33H,6,9-10,13H2,1-5H3/q+1. The lowest BCUT2D eigenvalue weighted by atomic mass is 9.95. The maximum absolute atomic E-state index is 13.2. The van der Waals surface area contributed by atoms with E-state index in [9.17, 15) is 13.2 Å². The zero-order valence-corrected chi connectivity index (χ0v) is 23.3. The fraction of sp³-hybridized carbons (Fsp3) is 0.414. The van der Waals surface area contributed by atoms with Crippen LogP contribution in [0.15, 0.2) is 43.0 Å². The molecule has 1 fully saturated rings. The molecule has 1 unspecified atom stereocenters. The fourth-order valence-corrected chi connectivity index (χ4v) is 4.99. The van der Waals surface area contributed by atoms with Crippen LogP contribution in [0.25, 0.3) is 22.8 Å². The van der Waals surface area contributed by atoms with Gasteiger partial charge in [0, 0.05) is 37.7 Å². The van der Waals surface area contributed by atoms with E-state index in [1.54, 1.807) is 32.5 Å². The highest BCUT2D eigenvalue weighted by Crippen LogP contribution is 2.45. The fourth-order valence-electron chi connectivity index (χ4n) is 4.99. The summed E-state index contributed by atoms with van der Waals surface area (Å²) in [6, 6.07) is 7.38. The minimum absolute atomic E-state index is 0.139. The van der Waals surface area contributed by atoms with Crippen molar-refractivity contribution in [1.82, 2.24) is 24.5 Å². The van der Waals surface area contributed by atoms with E-state index in [0.29, 0.717) is 23.2 Å². The maximum Gasteiger partial charge on any atom is 0.434 e. The minimum Gasteiger partial charge on any atom is -0.465 e. The third kappa shape index (κ3) is 5.24. The van der Waals surface area contributed by atoms with Crippen molar-refractivity contribution in [2.24, 2.45) is 7.05 Å². The molecule has 1 saturated carbocycles. The number of ether oxygens (including phenoxy) is 1. The number of aryl methyl sites for hydroxylation is 2. The molecule has 0 saturated heterocycles. The van der Waals surface area contributed by atoms with Crippen molar-refractivity contribution in [3.05, 3.63) is 65.6 Å². The molecule has 1 aromatic carbocycles. The van der Waals surface area contributed by atoms with Crippen molar-refractivity contribution in [3.8, 4) is 28.7 Å². The summed E-state index contributed by atoms with van der Waals surface area (Å²) >= 11 is 0. The van der Waals surface area contributed by atoms with E-state index in [4.69, 9.17) is 19.7 Å². The van der Waals surface area contributed by atoms with Gasteiger partial charge in [-0.1, -0.05) is 43.1 Å². The molecule has 0 amide bonds. The number of imidazole rings is 1. The second-order valence-electron chi connectivity index (χ2n) is 10.1. The SMILES string of the molecule is CCC[n+]1cnc(C2CC2)c(-c2ncc(NC)c(C(C)c3ccc(-c4nc(C(F)(F)F)cn4C)cc3)n2)c1OC. The van der Waals surface area contributed by atoms with Crippen molar-refractivity contribution >= 4 is 5.69 Å². The van der Waals surface area contributed by atoms with Crippen LogP contribution in [0.5, 0.6) is 5.88 Å². The number of methoxy groups -OCH3 is 1. The topological polar surface area (TPSA) is 81.6 Å². The Bertz CT molecular complexity index is 1510. The van der Waals surface area contributed by atoms with Crippen LogP contribution in [0.4, 0.5) is 18.9 Å². The molecule has 1 aliphatic rings. The van der Waals surface area contributed by atoms with Crippen molar-refractivity contribution in [3.63, 3.8) is 0 Å². The first-order valence-electron chi connectivity index (χ1n) is 13.4. The van der Waals surface area contributed by atoms with Gasteiger partial charge in [-0.15, -0.1) is 0 Å². The van der Waals surface area contributed by atoms with Crippen LogP contribution in [-0.2, 0) is 19.8 Å². The van der Waals surface area contributed by atoms with E-state index >= 15 is 0 Å². The average Bonchev–Trinajstić information content (AvgIpc) is 3.72. The van der Waals surface area contributed by atoms with Crippen LogP contribution in [0.2, 0.25) is 0 Å². The maximum atomic E-state index is 13.2. The number of aromatic nitrogens is 6. The van der Waals surface area contributed by atoms with Crippen LogP contribution in [0.1, 0.15) is 67.6 Å². The summed E-state index contributed by atoms with van der Waals surface area (Å²) in [4.78, 5) is 18.4. The lowest BCUT2D eigenvalue weighted by molar-refractivity contribution is -0.703. The van der Waals surface area contributed by atoms with Crippen molar-refractivity contribution in [1.29, 1.82) is 0 Å². The number of anilines is 1. The van der Waals surface area contributed by atoms with Crippen LogP contribution < -0.4 is 14.6 Å². The van der Waals surface area contributed by atoms with E-state index in [2.05, 4.69) is 17.2 Å². The first-order chi connectivity index (χ1) is 19.2. The Morgan fingerprint density at radius 1 is 1.15 bits per heavy atom. The summed E-state index contributed by atoms with van der Waals surface area (Å²) in [7, 11) is 5.04. The Morgan fingerprint density at radius 2 is 1.88 bits per heavy atom. The third-order valence-corrected chi connectivity index (χ3v) is 7.25. The van der Waals surface area contributed by atoms with E-state index in [1.807, 2.05) is 37.0 Å². The Kier molecular flexibility index (Phi) is 7.48. The summed E-state index contributed by atoms with van der Waals surface area (Å²) in [5, 5.41) is 3.20. The molecule has 3 heterocycles. The van der Waals surface area contributed by atoms with Crippen molar-refractivity contribution in [2.45, 2.75) is 57.7 Å². The van der Waals surface area contributed by atoms with Crippen LogP contribution in [0.3, 0.4) is 0 Å². The predicted molar refractivity (Wildman–Crippen MR) is 145 cm³/mol. The van der Waals surface area contributed by atoms with Crippen LogP contribution in [0, 0.1) is 0 Å². The molecular weight excluding hydrogens is 519 g/mol. The number of alkyl halides is 3. The summed E-state index contributed by atoms with van der Waals surface area (Å²) < 4.78 is 48.7. The van der Waals surface area contributed by atoms with Gasteiger partial charge in [-0.25, -0.2) is 15.0 Å². The van der Waals surface area contributed by atoms with Crippen LogP contribution >= 0.6 is 0 Å². The van der Waals surface area contributed by atoms with Gasteiger partial charge in [0.05, 0.1) is 31.2 Å². The number of nitrogens with one attached hydrogen (secondary N) is 1. The highest BCUT2D eigenvalue weighted by Gasteiger charge is 2.37. The van der Waals surface area contributed by atoms with Gasteiger partial charge in [-0.3, -0.25) is 0 Å². The highest BCUT2D eigenvalue weighted by atomic mass is 19.4. The zero-order valence-electron chi connectivity index (χ0n) is 23.3. The van der Waals surface area contributed by atoms with Gasteiger partial charge >= 0.3 is 6.18 Å². The quantitative estimate of drug-likeness (QED) is 0.267. The number of hydrogen-bond acceptors (Lipinski definition) is 6. The summed E-state index contributed by atoms with van der Waals surface area (Å²) in [6.07, 6.45) is 3.20. The molecule has 11 heteroatoms.